The first-order valence-corrected chi connectivity index (χ1v) is 5.25. The zero-order chi connectivity index (χ0) is 10.7. The summed E-state index contributed by atoms with van der Waals surface area (Å²) in [7, 11) is 0. The third kappa shape index (κ3) is 2.01. The predicted molar refractivity (Wildman–Crippen MR) is 58.0 cm³/mol. The van der Waals surface area contributed by atoms with Gasteiger partial charge in [-0.3, -0.25) is 10.8 Å². The third-order valence-corrected chi connectivity index (χ3v) is 3.02. The smallest absolute Gasteiger partial charge is 0.0852 e. The van der Waals surface area contributed by atoms with Crippen LogP contribution in [0, 0.1) is 6.92 Å². The van der Waals surface area contributed by atoms with Crippen molar-refractivity contribution in [2.24, 2.45) is 5.84 Å². The van der Waals surface area contributed by atoms with E-state index in [1.807, 2.05) is 19.1 Å². The van der Waals surface area contributed by atoms with Gasteiger partial charge in [-0.2, -0.15) is 0 Å². The second-order valence-electron chi connectivity index (χ2n) is 3.11. The van der Waals surface area contributed by atoms with E-state index in [2.05, 4.69) is 20.0 Å². The van der Waals surface area contributed by atoms with Crippen LogP contribution in [0.2, 0.25) is 0 Å². The van der Waals surface area contributed by atoms with Gasteiger partial charge in [-0.1, -0.05) is 10.6 Å². The zero-order valence-corrected chi connectivity index (χ0v) is 9.03. The van der Waals surface area contributed by atoms with Crippen LogP contribution in [0.3, 0.4) is 0 Å². The van der Waals surface area contributed by atoms with Crippen LogP contribution in [0.4, 0.5) is 0 Å². The molecular weight excluding hydrogens is 210 g/mol. The molecule has 0 aliphatic carbocycles. The topological polar surface area (TPSA) is 76.7 Å². The van der Waals surface area contributed by atoms with Crippen LogP contribution in [0.5, 0.6) is 0 Å². The average molecular weight is 221 g/mol. The lowest BCUT2D eigenvalue weighted by molar-refractivity contribution is 0.639. The Labute approximate surface area is 91.5 Å². The number of hydrogen-bond donors (Lipinski definition) is 2. The molecule has 1 atom stereocenters. The Morgan fingerprint density at radius 2 is 2.40 bits per heavy atom. The number of pyridine rings is 1. The summed E-state index contributed by atoms with van der Waals surface area (Å²) < 4.78 is 3.89. The highest BCUT2D eigenvalue weighted by atomic mass is 32.1. The molecule has 0 bridgehead atoms. The zero-order valence-electron chi connectivity index (χ0n) is 8.21. The van der Waals surface area contributed by atoms with E-state index in [0.717, 1.165) is 16.1 Å². The summed E-state index contributed by atoms with van der Waals surface area (Å²) in [6.45, 7) is 1.92. The van der Waals surface area contributed by atoms with Crippen molar-refractivity contribution in [2.45, 2.75) is 13.0 Å². The summed E-state index contributed by atoms with van der Waals surface area (Å²) in [6.07, 6.45) is 3.51. The Balaban J connectivity index is 2.37. The van der Waals surface area contributed by atoms with Gasteiger partial charge in [0.2, 0.25) is 0 Å². The maximum Gasteiger partial charge on any atom is 0.0852 e. The highest BCUT2D eigenvalue weighted by Gasteiger charge is 2.17. The lowest BCUT2D eigenvalue weighted by atomic mass is 10.1. The molecule has 6 heteroatoms. The van der Waals surface area contributed by atoms with Gasteiger partial charge in [0.1, 0.15) is 0 Å². The van der Waals surface area contributed by atoms with Crippen molar-refractivity contribution in [3.63, 3.8) is 0 Å². The molecule has 2 heterocycles. The standard InChI is InChI=1S/C9H11N5S/c1-6-9(15-14-13-6)8(12-10)7-3-2-4-11-5-7/h2-5,8,12H,10H2,1H3. The van der Waals surface area contributed by atoms with Crippen LogP contribution in [0.1, 0.15) is 22.2 Å². The molecule has 0 aliphatic heterocycles. The highest BCUT2D eigenvalue weighted by Crippen LogP contribution is 2.24. The molecular formula is C9H11N5S. The van der Waals surface area contributed by atoms with Gasteiger partial charge >= 0.3 is 0 Å². The molecule has 0 spiro atoms. The molecule has 1 unspecified atom stereocenters. The van der Waals surface area contributed by atoms with Crippen molar-refractivity contribution in [3.8, 4) is 0 Å². The van der Waals surface area contributed by atoms with Gasteiger partial charge < -0.3 is 0 Å². The third-order valence-electron chi connectivity index (χ3n) is 2.13. The van der Waals surface area contributed by atoms with Crippen LogP contribution in [0.15, 0.2) is 24.5 Å². The highest BCUT2D eigenvalue weighted by molar-refractivity contribution is 7.05. The number of rotatable bonds is 3. The number of nitrogens with two attached hydrogens (primary N) is 1. The van der Waals surface area contributed by atoms with Crippen molar-refractivity contribution in [3.05, 3.63) is 40.7 Å². The molecule has 3 N–H and O–H groups in total. The van der Waals surface area contributed by atoms with Crippen LogP contribution < -0.4 is 11.3 Å². The van der Waals surface area contributed by atoms with Gasteiger partial charge in [-0.15, -0.1) is 5.10 Å². The molecule has 78 valence electrons. The predicted octanol–water partition coefficient (Wildman–Crippen LogP) is 0.794. The number of hydrogen-bond acceptors (Lipinski definition) is 6. The van der Waals surface area contributed by atoms with Gasteiger partial charge in [0.25, 0.3) is 0 Å². The molecule has 15 heavy (non-hydrogen) atoms. The normalized spacial score (nSPS) is 12.7. The Kier molecular flexibility index (Phi) is 3.00. The minimum Gasteiger partial charge on any atom is -0.271 e. The Bertz CT molecular complexity index is 427. The van der Waals surface area contributed by atoms with E-state index in [1.165, 1.54) is 11.5 Å². The number of nitrogens with zero attached hydrogens (tertiary/aromatic N) is 3. The fraction of sp³-hybridized carbons (Fsp3) is 0.222. The van der Waals surface area contributed by atoms with E-state index in [0.29, 0.717) is 0 Å². The Hall–Kier alpha value is -1.37. The van der Waals surface area contributed by atoms with E-state index >= 15 is 0 Å². The van der Waals surface area contributed by atoms with Crippen molar-refractivity contribution in [1.82, 2.24) is 20.0 Å². The van der Waals surface area contributed by atoms with Crippen molar-refractivity contribution in [1.29, 1.82) is 0 Å². The van der Waals surface area contributed by atoms with Crippen LogP contribution in [-0.4, -0.2) is 14.6 Å². The summed E-state index contributed by atoms with van der Waals surface area (Å²) in [5.74, 6) is 5.54. The molecule has 0 saturated heterocycles. The Morgan fingerprint density at radius 3 is 2.93 bits per heavy atom. The summed E-state index contributed by atoms with van der Waals surface area (Å²) >= 11 is 1.35. The fourth-order valence-corrected chi connectivity index (χ4v) is 2.11. The second kappa shape index (κ2) is 4.43. The van der Waals surface area contributed by atoms with Crippen LogP contribution in [0.25, 0.3) is 0 Å². The second-order valence-corrected chi connectivity index (χ2v) is 3.89. The van der Waals surface area contributed by atoms with Gasteiger partial charge in [0.15, 0.2) is 0 Å². The quantitative estimate of drug-likeness (QED) is 0.592. The van der Waals surface area contributed by atoms with Gasteiger partial charge in [0, 0.05) is 12.4 Å². The lowest BCUT2D eigenvalue weighted by Gasteiger charge is -2.13. The lowest BCUT2D eigenvalue weighted by Crippen LogP contribution is -2.28. The molecule has 2 rings (SSSR count). The number of hydrazine groups is 1. The molecule has 0 radical (unpaired) electrons. The molecule has 2 aromatic rings. The molecule has 0 saturated carbocycles. The number of nitrogens with one attached hydrogen (secondary N) is 1. The van der Waals surface area contributed by atoms with Crippen LogP contribution >= 0.6 is 11.5 Å². The summed E-state index contributed by atoms with van der Waals surface area (Å²) in [5, 5.41) is 3.96. The first-order chi connectivity index (χ1) is 7.33. The Morgan fingerprint density at radius 1 is 1.53 bits per heavy atom. The van der Waals surface area contributed by atoms with E-state index in [1.54, 1.807) is 12.4 Å². The molecule has 0 aromatic carbocycles. The summed E-state index contributed by atoms with van der Waals surface area (Å²) in [5.41, 5.74) is 4.66. The molecule has 0 aliphatic rings. The molecule has 0 amide bonds. The van der Waals surface area contributed by atoms with Gasteiger partial charge in [-0.05, 0) is 30.1 Å². The monoisotopic (exact) mass is 221 g/mol. The average Bonchev–Trinajstić information content (AvgIpc) is 2.68. The minimum absolute atomic E-state index is 0.0845. The van der Waals surface area contributed by atoms with Gasteiger partial charge in [-0.25, -0.2) is 5.43 Å². The fourth-order valence-electron chi connectivity index (χ4n) is 1.37. The van der Waals surface area contributed by atoms with E-state index < -0.39 is 0 Å². The summed E-state index contributed by atoms with van der Waals surface area (Å²) in [4.78, 5) is 5.08. The maximum atomic E-state index is 5.54. The van der Waals surface area contributed by atoms with Crippen molar-refractivity contribution in [2.75, 3.05) is 0 Å². The van der Waals surface area contributed by atoms with E-state index in [-0.39, 0.29) is 6.04 Å². The van der Waals surface area contributed by atoms with Crippen molar-refractivity contribution >= 4 is 11.5 Å². The minimum atomic E-state index is -0.0845. The van der Waals surface area contributed by atoms with Crippen molar-refractivity contribution < 1.29 is 0 Å². The molecule has 5 nitrogen and oxygen atoms in total. The SMILES string of the molecule is Cc1nnsc1C(NN)c1cccnc1. The maximum absolute atomic E-state index is 5.54. The van der Waals surface area contributed by atoms with E-state index in [4.69, 9.17) is 5.84 Å². The summed E-state index contributed by atoms with van der Waals surface area (Å²) in [6, 6.07) is 3.76. The largest absolute Gasteiger partial charge is 0.271 e. The molecule has 0 fully saturated rings. The first kappa shape index (κ1) is 10.2. The van der Waals surface area contributed by atoms with Gasteiger partial charge in [0.05, 0.1) is 16.6 Å². The number of aromatic nitrogens is 3. The van der Waals surface area contributed by atoms with Crippen LogP contribution in [-0.2, 0) is 0 Å². The van der Waals surface area contributed by atoms with E-state index in [9.17, 15) is 0 Å². The first-order valence-electron chi connectivity index (χ1n) is 4.48. The number of aryl methyl sites for hydroxylation is 1. The molecule has 2 aromatic heterocycles.